The topological polar surface area (TPSA) is 120 Å². The molecule has 1 heterocycles. The summed E-state index contributed by atoms with van der Waals surface area (Å²) in [6.07, 6.45) is 0.945. The van der Waals surface area contributed by atoms with E-state index < -0.39 is 30.3 Å². The summed E-state index contributed by atoms with van der Waals surface area (Å²) in [6, 6.07) is 17.6. The van der Waals surface area contributed by atoms with Crippen LogP contribution in [0.5, 0.6) is 0 Å². The van der Waals surface area contributed by atoms with Gasteiger partial charge >= 0.3 is 11.9 Å². The van der Waals surface area contributed by atoms with Gasteiger partial charge in [0.2, 0.25) is 0 Å². The average Bonchev–Trinajstić information content (AvgIpc) is 2.91. The van der Waals surface area contributed by atoms with E-state index in [9.17, 15) is 15.1 Å². The zero-order chi connectivity index (χ0) is 25.8. The number of carbonyl (C=O) groups is 2. The van der Waals surface area contributed by atoms with E-state index in [1.54, 1.807) is 31.2 Å². The number of unbranched alkanes of at least 4 members (excludes halogenated alkanes) is 2. The molecule has 0 bridgehead atoms. The highest BCUT2D eigenvalue weighted by atomic mass is 16.6. The van der Waals surface area contributed by atoms with Gasteiger partial charge in [0.25, 0.3) is 0 Å². The van der Waals surface area contributed by atoms with Crippen LogP contribution >= 0.6 is 0 Å². The largest absolute Gasteiger partial charge is 0.469 e. The van der Waals surface area contributed by atoms with Gasteiger partial charge < -0.3 is 18.9 Å². The number of hydrogen-bond donors (Lipinski definition) is 0. The summed E-state index contributed by atoms with van der Waals surface area (Å²) in [5.74, 6) is -0.746. The predicted molar refractivity (Wildman–Crippen MR) is 133 cm³/mol. The van der Waals surface area contributed by atoms with Crippen LogP contribution in [-0.4, -0.2) is 49.5 Å². The quantitative estimate of drug-likeness (QED) is 0.128. The second-order valence-corrected chi connectivity index (χ2v) is 8.75. The maximum Gasteiger partial charge on any atom is 0.338 e. The first kappa shape index (κ1) is 27.2. The van der Waals surface area contributed by atoms with Crippen LogP contribution in [0.2, 0.25) is 0 Å². The Bertz CT molecular complexity index is 1010. The second kappa shape index (κ2) is 14.2. The van der Waals surface area contributed by atoms with Gasteiger partial charge in [0.15, 0.2) is 0 Å². The summed E-state index contributed by atoms with van der Waals surface area (Å²) < 4.78 is 23.2. The minimum Gasteiger partial charge on any atom is -0.469 e. The van der Waals surface area contributed by atoms with Crippen molar-refractivity contribution < 1.29 is 28.5 Å². The molecule has 9 nitrogen and oxygen atoms in total. The molecule has 1 aliphatic heterocycles. The third kappa shape index (κ3) is 7.81. The van der Waals surface area contributed by atoms with Gasteiger partial charge in [-0.15, -0.1) is 0 Å². The lowest BCUT2D eigenvalue weighted by Gasteiger charge is -2.44. The highest BCUT2D eigenvalue weighted by Gasteiger charge is 2.46. The molecule has 0 radical (unpaired) electrons. The van der Waals surface area contributed by atoms with E-state index in [1.165, 1.54) is 7.11 Å². The van der Waals surface area contributed by atoms with Gasteiger partial charge in [0, 0.05) is 11.3 Å². The zero-order valence-corrected chi connectivity index (χ0v) is 20.7. The van der Waals surface area contributed by atoms with Crippen molar-refractivity contribution in [3.05, 3.63) is 82.2 Å². The Morgan fingerprint density at radius 3 is 2.36 bits per heavy atom. The maximum atomic E-state index is 13.0. The third-order valence-electron chi connectivity index (χ3n) is 6.22. The van der Waals surface area contributed by atoms with E-state index in [-0.39, 0.29) is 18.7 Å². The second-order valence-electron chi connectivity index (χ2n) is 8.75. The first-order chi connectivity index (χ1) is 17.5. The van der Waals surface area contributed by atoms with Crippen molar-refractivity contribution in [3.8, 4) is 0 Å². The molecule has 1 aliphatic rings. The summed E-state index contributed by atoms with van der Waals surface area (Å²) in [4.78, 5) is 27.4. The van der Waals surface area contributed by atoms with Gasteiger partial charge in [-0.1, -0.05) is 66.5 Å². The van der Waals surface area contributed by atoms with Crippen LogP contribution in [-0.2, 0) is 30.3 Å². The summed E-state index contributed by atoms with van der Waals surface area (Å²) in [6.45, 7) is 2.09. The van der Waals surface area contributed by atoms with E-state index >= 15 is 0 Å². The maximum absolute atomic E-state index is 13.0. The summed E-state index contributed by atoms with van der Waals surface area (Å²) in [7, 11) is 1.38. The SMILES string of the molecule is COC(=O)CCCCCC1O[C@H](C)[C@@H](N=[N+]=[N-])[C@H](OC(=O)c2ccccc2)[C@@H]1OCc1ccccc1. The number of hydrogen-bond acceptors (Lipinski definition) is 7. The number of esters is 2. The lowest BCUT2D eigenvalue weighted by atomic mass is 9.90. The Morgan fingerprint density at radius 2 is 1.69 bits per heavy atom. The Morgan fingerprint density at radius 1 is 1.00 bits per heavy atom. The standard InChI is InChI=1S/C27H33N3O6/c1-19-24(29-30-28)26(36-27(32)21-14-8-4-9-15-21)25(34-18-20-12-6-3-7-13-20)22(35-19)16-10-5-11-17-23(31)33-2/h3-4,6-9,12-15,19,22,24-26H,5,10-11,16-18H2,1-2H3/t19-,22?,24-,25-,26+/m1/s1. The fourth-order valence-corrected chi connectivity index (χ4v) is 4.32. The van der Waals surface area contributed by atoms with Crippen molar-refractivity contribution in [2.24, 2.45) is 5.11 Å². The number of nitrogens with zero attached hydrogens (tertiary/aromatic N) is 3. The van der Waals surface area contributed by atoms with E-state index in [1.807, 2.05) is 36.4 Å². The van der Waals surface area contributed by atoms with E-state index in [2.05, 4.69) is 10.0 Å². The molecule has 36 heavy (non-hydrogen) atoms. The molecule has 1 saturated heterocycles. The number of rotatable bonds is 12. The van der Waals surface area contributed by atoms with Crippen molar-refractivity contribution in [2.45, 2.75) is 76.1 Å². The van der Waals surface area contributed by atoms with Gasteiger partial charge in [-0.05, 0) is 43.0 Å². The molecule has 0 spiro atoms. The molecule has 1 unspecified atom stereocenters. The molecule has 1 fully saturated rings. The van der Waals surface area contributed by atoms with Gasteiger partial charge in [-0.2, -0.15) is 0 Å². The molecule has 2 aromatic carbocycles. The van der Waals surface area contributed by atoms with Gasteiger partial charge in [-0.3, -0.25) is 4.79 Å². The molecule has 0 aliphatic carbocycles. The van der Waals surface area contributed by atoms with Crippen LogP contribution in [0.25, 0.3) is 10.4 Å². The van der Waals surface area contributed by atoms with Crippen molar-refractivity contribution in [3.63, 3.8) is 0 Å². The molecular weight excluding hydrogens is 462 g/mol. The summed E-state index contributed by atoms with van der Waals surface area (Å²) in [5.41, 5.74) is 10.6. The van der Waals surface area contributed by atoms with Crippen LogP contribution in [0, 0.1) is 0 Å². The molecular formula is C27H33N3O6. The first-order valence-corrected chi connectivity index (χ1v) is 12.2. The first-order valence-electron chi connectivity index (χ1n) is 12.2. The normalized spacial score (nSPS) is 23.3. The number of carbonyl (C=O) groups excluding carboxylic acids is 2. The minimum atomic E-state index is -0.832. The Balaban J connectivity index is 1.79. The fraction of sp³-hybridized carbons (Fsp3) is 0.481. The molecule has 0 aromatic heterocycles. The molecule has 0 saturated carbocycles. The van der Waals surface area contributed by atoms with Crippen LogP contribution < -0.4 is 0 Å². The third-order valence-corrected chi connectivity index (χ3v) is 6.22. The Hall–Kier alpha value is -3.39. The highest BCUT2D eigenvalue weighted by Crippen LogP contribution is 2.32. The molecule has 3 rings (SSSR count). The van der Waals surface area contributed by atoms with Crippen LogP contribution in [0.4, 0.5) is 0 Å². The molecule has 0 N–H and O–H groups in total. The average molecular weight is 496 g/mol. The Labute approximate surface area is 211 Å². The van der Waals surface area contributed by atoms with Crippen LogP contribution in [0.1, 0.15) is 54.9 Å². The number of methoxy groups -OCH3 is 1. The van der Waals surface area contributed by atoms with Crippen molar-refractivity contribution in [1.82, 2.24) is 0 Å². The monoisotopic (exact) mass is 495 g/mol. The molecule has 5 atom stereocenters. The van der Waals surface area contributed by atoms with E-state index in [4.69, 9.17) is 18.9 Å². The molecule has 2 aromatic rings. The molecule has 0 amide bonds. The predicted octanol–water partition coefficient (Wildman–Crippen LogP) is 5.39. The number of benzene rings is 2. The Kier molecular flexibility index (Phi) is 10.8. The summed E-state index contributed by atoms with van der Waals surface area (Å²) >= 11 is 0. The van der Waals surface area contributed by atoms with E-state index in [0.29, 0.717) is 24.8 Å². The van der Waals surface area contributed by atoms with Crippen LogP contribution in [0.15, 0.2) is 65.8 Å². The van der Waals surface area contributed by atoms with Crippen LogP contribution in [0.3, 0.4) is 0 Å². The van der Waals surface area contributed by atoms with E-state index in [0.717, 1.165) is 18.4 Å². The van der Waals surface area contributed by atoms with Crippen molar-refractivity contribution in [1.29, 1.82) is 0 Å². The zero-order valence-electron chi connectivity index (χ0n) is 20.7. The lowest BCUT2D eigenvalue weighted by molar-refractivity contribution is -0.198. The number of azide groups is 1. The molecule has 9 heteroatoms. The van der Waals surface area contributed by atoms with Gasteiger partial charge in [-0.25, -0.2) is 4.79 Å². The lowest BCUT2D eigenvalue weighted by Crippen LogP contribution is -2.58. The van der Waals surface area contributed by atoms with Gasteiger partial charge in [0.1, 0.15) is 18.2 Å². The number of ether oxygens (including phenoxy) is 4. The molecule has 192 valence electrons. The van der Waals surface area contributed by atoms with Crippen molar-refractivity contribution in [2.75, 3.05) is 7.11 Å². The van der Waals surface area contributed by atoms with Gasteiger partial charge in [0.05, 0.1) is 31.5 Å². The highest BCUT2D eigenvalue weighted by molar-refractivity contribution is 5.89. The minimum absolute atomic E-state index is 0.230. The summed E-state index contributed by atoms with van der Waals surface area (Å²) in [5, 5.41) is 3.92. The van der Waals surface area contributed by atoms with Crippen molar-refractivity contribution >= 4 is 11.9 Å². The fourth-order valence-electron chi connectivity index (χ4n) is 4.32. The smallest absolute Gasteiger partial charge is 0.338 e.